The topological polar surface area (TPSA) is 65.5 Å². The maximum Gasteiger partial charge on any atom is 0.406 e. The second-order valence-corrected chi connectivity index (χ2v) is 8.33. The van der Waals surface area contributed by atoms with Crippen molar-refractivity contribution in [2.24, 2.45) is 11.8 Å². The average Bonchev–Trinajstić information content (AvgIpc) is 2.70. The van der Waals surface area contributed by atoms with Crippen molar-refractivity contribution in [3.8, 4) is 0 Å². The minimum Gasteiger partial charge on any atom is -0.333 e. The van der Waals surface area contributed by atoms with Crippen LogP contribution < -0.4 is 5.32 Å². The molecule has 1 N–H and O–H groups in total. The lowest BCUT2D eigenvalue weighted by molar-refractivity contribution is -0.174. The monoisotopic (exact) mass is 466 g/mol. The number of amides is 2. The molecule has 0 aliphatic carbocycles. The minimum absolute atomic E-state index is 0.0708. The Balaban J connectivity index is 1.68. The largest absolute Gasteiger partial charge is 0.406 e. The Morgan fingerprint density at radius 3 is 2.66 bits per heavy atom. The van der Waals surface area contributed by atoms with Crippen molar-refractivity contribution in [2.45, 2.75) is 44.3 Å². The third-order valence-corrected chi connectivity index (χ3v) is 6.09. The molecule has 0 aromatic carbocycles. The van der Waals surface area contributed by atoms with E-state index in [-0.39, 0.29) is 31.7 Å². The molecule has 2 aliphatic rings. The van der Waals surface area contributed by atoms with E-state index in [1.54, 1.807) is 4.90 Å². The molecule has 0 saturated carbocycles. The van der Waals surface area contributed by atoms with Gasteiger partial charge in [0.1, 0.15) is 18.2 Å². The highest BCUT2D eigenvalue weighted by atomic mass is 19.4. The van der Waals surface area contributed by atoms with Crippen molar-refractivity contribution in [2.75, 3.05) is 31.5 Å². The van der Waals surface area contributed by atoms with Gasteiger partial charge in [-0.1, -0.05) is 0 Å². The molecule has 0 spiro atoms. The van der Waals surface area contributed by atoms with Crippen LogP contribution in [-0.4, -0.2) is 70.9 Å². The maximum absolute atomic E-state index is 14.7. The summed E-state index contributed by atoms with van der Waals surface area (Å²) in [5.41, 5.74) is 0. The van der Waals surface area contributed by atoms with Gasteiger partial charge >= 0.3 is 6.18 Å². The second-order valence-electron chi connectivity index (χ2n) is 8.33. The van der Waals surface area contributed by atoms with Gasteiger partial charge in [-0.2, -0.15) is 13.2 Å². The molecule has 2 fully saturated rings. The highest BCUT2D eigenvalue weighted by Crippen LogP contribution is 2.42. The first-order chi connectivity index (χ1) is 14.9. The van der Waals surface area contributed by atoms with Gasteiger partial charge in [-0.05, 0) is 31.4 Å². The third kappa shape index (κ3) is 5.90. The third-order valence-electron chi connectivity index (χ3n) is 6.09. The molecular weight excluding hydrogens is 442 g/mol. The molecule has 6 nitrogen and oxygen atoms in total. The summed E-state index contributed by atoms with van der Waals surface area (Å²) in [5, 5.41) is 2.50. The van der Waals surface area contributed by atoms with Gasteiger partial charge in [-0.25, -0.2) is 18.2 Å². The fourth-order valence-corrected chi connectivity index (χ4v) is 4.29. The predicted molar refractivity (Wildman–Crippen MR) is 102 cm³/mol. The molecule has 1 aromatic heterocycles. The summed E-state index contributed by atoms with van der Waals surface area (Å²) in [4.78, 5) is 30.3. The highest BCUT2D eigenvalue weighted by molar-refractivity contribution is 5.93. The molecule has 3 rings (SSSR count). The number of hydrogen-bond acceptors (Lipinski definition) is 4. The normalized spacial score (nSPS) is 25.5. The van der Waals surface area contributed by atoms with Crippen LogP contribution in [0.25, 0.3) is 0 Å². The number of likely N-dealkylation sites (tertiary alicyclic amines) is 2. The standard InChI is InChI=1S/C20H24F6N4O2/c1-12(18(32)28-16-4-3-14(21)8-27-16)29-7-6-19(22,23)15(10-29)13-2-5-17(31)30(9-13)11-20(24,25)26/h3-4,8,12-13,15H,2,5-7,9-11H2,1H3,(H,27,28,32)/t12-,13?,15?/m0/s1. The molecule has 3 atom stereocenters. The van der Waals surface area contributed by atoms with Crippen LogP contribution in [0.4, 0.5) is 32.2 Å². The molecule has 2 saturated heterocycles. The first-order valence-electron chi connectivity index (χ1n) is 10.2. The molecule has 32 heavy (non-hydrogen) atoms. The molecule has 1 aromatic rings. The summed E-state index contributed by atoms with van der Waals surface area (Å²) in [6, 6.07) is 1.56. The van der Waals surface area contributed by atoms with Gasteiger partial charge in [-0.15, -0.1) is 0 Å². The Morgan fingerprint density at radius 2 is 2.03 bits per heavy atom. The van der Waals surface area contributed by atoms with Crippen molar-refractivity contribution in [3.05, 3.63) is 24.1 Å². The van der Waals surface area contributed by atoms with Crippen LogP contribution >= 0.6 is 0 Å². The van der Waals surface area contributed by atoms with Crippen molar-refractivity contribution in [1.82, 2.24) is 14.8 Å². The Morgan fingerprint density at radius 1 is 1.31 bits per heavy atom. The Labute approximate surface area is 180 Å². The quantitative estimate of drug-likeness (QED) is 0.677. The van der Waals surface area contributed by atoms with Crippen LogP contribution in [0.3, 0.4) is 0 Å². The summed E-state index contributed by atoms with van der Waals surface area (Å²) in [5.74, 6) is -6.93. The first kappa shape index (κ1) is 24.3. The number of nitrogens with zero attached hydrogens (tertiary/aromatic N) is 3. The highest BCUT2D eigenvalue weighted by Gasteiger charge is 2.50. The lowest BCUT2D eigenvalue weighted by atomic mass is 9.77. The SMILES string of the molecule is C[C@@H](C(=O)Nc1ccc(F)cn1)N1CCC(F)(F)C(C2CCC(=O)N(CC(F)(F)F)C2)C1. The van der Waals surface area contributed by atoms with Gasteiger partial charge in [0.2, 0.25) is 11.8 Å². The van der Waals surface area contributed by atoms with Crippen molar-refractivity contribution < 1.29 is 35.9 Å². The molecule has 178 valence electrons. The number of hydrogen-bond donors (Lipinski definition) is 1. The fraction of sp³-hybridized carbons (Fsp3) is 0.650. The van der Waals surface area contributed by atoms with E-state index in [4.69, 9.17) is 0 Å². The molecule has 2 amide bonds. The summed E-state index contributed by atoms with van der Waals surface area (Å²) < 4.78 is 80.8. The number of alkyl halides is 5. The van der Waals surface area contributed by atoms with E-state index in [1.807, 2.05) is 0 Å². The number of nitrogens with one attached hydrogen (secondary N) is 1. The number of anilines is 1. The van der Waals surface area contributed by atoms with Crippen LogP contribution in [0.15, 0.2) is 18.3 Å². The number of piperidine rings is 2. The second kappa shape index (κ2) is 9.24. The van der Waals surface area contributed by atoms with Crippen LogP contribution in [0.5, 0.6) is 0 Å². The fourth-order valence-electron chi connectivity index (χ4n) is 4.29. The molecule has 0 bridgehead atoms. The van der Waals surface area contributed by atoms with E-state index < -0.39 is 67.1 Å². The molecule has 2 aliphatic heterocycles. The smallest absolute Gasteiger partial charge is 0.333 e. The van der Waals surface area contributed by atoms with Gasteiger partial charge in [-0.3, -0.25) is 14.5 Å². The van der Waals surface area contributed by atoms with E-state index in [0.29, 0.717) is 4.90 Å². The Hall–Kier alpha value is -2.37. The van der Waals surface area contributed by atoms with Crippen molar-refractivity contribution in [1.29, 1.82) is 0 Å². The number of carbonyl (C=O) groups excluding carboxylic acids is 2. The van der Waals surface area contributed by atoms with Gasteiger partial charge in [0.15, 0.2) is 0 Å². The molecule has 12 heteroatoms. The van der Waals surface area contributed by atoms with E-state index in [9.17, 15) is 35.9 Å². The van der Waals surface area contributed by atoms with Gasteiger partial charge in [0.25, 0.3) is 5.92 Å². The van der Waals surface area contributed by atoms with Gasteiger partial charge in [0.05, 0.1) is 12.2 Å². The zero-order chi connectivity index (χ0) is 23.7. The number of halogens is 6. The minimum atomic E-state index is -4.61. The lowest BCUT2D eigenvalue weighted by Crippen LogP contribution is -2.57. The van der Waals surface area contributed by atoms with Crippen LogP contribution in [0, 0.1) is 17.7 Å². The van der Waals surface area contributed by atoms with Crippen molar-refractivity contribution in [3.63, 3.8) is 0 Å². The van der Waals surface area contributed by atoms with E-state index in [0.717, 1.165) is 12.3 Å². The molecule has 0 radical (unpaired) electrons. The van der Waals surface area contributed by atoms with Gasteiger partial charge < -0.3 is 10.2 Å². The lowest BCUT2D eigenvalue weighted by Gasteiger charge is -2.46. The number of carbonyl (C=O) groups is 2. The predicted octanol–water partition coefficient (Wildman–Crippen LogP) is 3.31. The Bertz CT molecular complexity index is 832. The zero-order valence-corrected chi connectivity index (χ0v) is 17.3. The number of pyridine rings is 1. The molecular formula is C20H24F6N4O2. The van der Waals surface area contributed by atoms with E-state index in [2.05, 4.69) is 10.3 Å². The first-order valence-corrected chi connectivity index (χ1v) is 10.2. The molecule has 2 unspecified atom stereocenters. The average molecular weight is 466 g/mol. The number of aromatic nitrogens is 1. The summed E-state index contributed by atoms with van der Waals surface area (Å²) >= 11 is 0. The van der Waals surface area contributed by atoms with Crippen LogP contribution in [-0.2, 0) is 9.59 Å². The molecule has 3 heterocycles. The summed E-state index contributed by atoms with van der Waals surface area (Å²) in [7, 11) is 0. The summed E-state index contributed by atoms with van der Waals surface area (Å²) in [6.07, 6.45) is -4.39. The van der Waals surface area contributed by atoms with Crippen LogP contribution in [0.2, 0.25) is 0 Å². The number of rotatable bonds is 5. The van der Waals surface area contributed by atoms with Gasteiger partial charge in [0, 0.05) is 38.4 Å². The summed E-state index contributed by atoms with van der Waals surface area (Å²) in [6.45, 7) is -0.607. The van der Waals surface area contributed by atoms with E-state index >= 15 is 0 Å². The van der Waals surface area contributed by atoms with E-state index in [1.165, 1.54) is 13.0 Å². The zero-order valence-electron chi connectivity index (χ0n) is 17.3. The maximum atomic E-state index is 14.7. The van der Waals surface area contributed by atoms with Crippen molar-refractivity contribution >= 4 is 17.6 Å². The van der Waals surface area contributed by atoms with Crippen LogP contribution in [0.1, 0.15) is 26.2 Å². The Kier molecular flexibility index (Phi) is 7.01.